The van der Waals surface area contributed by atoms with Crippen molar-refractivity contribution >= 4 is 29.4 Å². The van der Waals surface area contributed by atoms with Gasteiger partial charge >= 0.3 is 12.1 Å². The van der Waals surface area contributed by atoms with Crippen LogP contribution in [-0.4, -0.2) is 31.2 Å². The molecule has 1 amide bonds. The second-order valence-corrected chi connectivity index (χ2v) is 3.63. The fourth-order valence-corrected chi connectivity index (χ4v) is 1.27. The molecule has 0 atom stereocenters. The van der Waals surface area contributed by atoms with E-state index < -0.39 is 12.1 Å². The van der Waals surface area contributed by atoms with E-state index in [0.717, 1.165) is 0 Å². The predicted molar refractivity (Wildman–Crippen MR) is 68.1 cm³/mol. The van der Waals surface area contributed by atoms with Crippen LogP contribution in [0.15, 0.2) is 24.3 Å². The van der Waals surface area contributed by atoms with Gasteiger partial charge in [-0.3, -0.25) is 5.32 Å². The van der Waals surface area contributed by atoms with Crippen LogP contribution in [0.2, 0.25) is 0 Å². The van der Waals surface area contributed by atoms with Crippen LogP contribution in [0, 0.1) is 0 Å². The van der Waals surface area contributed by atoms with Crippen LogP contribution in [0.4, 0.5) is 10.5 Å². The first-order valence-corrected chi connectivity index (χ1v) is 5.97. The second-order valence-electron chi connectivity index (χ2n) is 3.25. The molecule has 0 heterocycles. The van der Waals surface area contributed by atoms with E-state index in [9.17, 15) is 9.59 Å². The van der Waals surface area contributed by atoms with Crippen LogP contribution < -0.4 is 5.32 Å². The average molecular weight is 272 g/mol. The van der Waals surface area contributed by atoms with E-state index in [4.69, 9.17) is 21.1 Å². The molecule has 0 radical (unpaired) electrons. The number of amides is 1. The molecule has 5 nitrogen and oxygen atoms in total. The SMILES string of the molecule is CCOC(=O)c1ccc(NC(=O)OCCCl)cc1. The normalized spacial score (nSPS) is 9.67. The summed E-state index contributed by atoms with van der Waals surface area (Å²) in [6.45, 7) is 2.21. The number of alkyl halides is 1. The fraction of sp³-hybridized carbons (Fsp3) is 0.333. The number of nitrogens with one attached hydrogen (secondary N) is 1. The van der Waals surface area contributed by atoms with Crippen molar-refractivity contribution in [3.05, 3.63) is 29.8 Å². The summed E-state index contributed by atoms with van der Waals surface area (Å²) in [5, 5.41) is 2.50. The molecule has 0 aliphatic rings. The second kappa shape index (κ2) is 7.55. The monoisotopic (exact) mass is 271 g/mol. The minimum absolute atomic E-state index is 0.147. The van der Waals surface area contributed by atoms with Gasteiger partial charge in [-0.1, -0.05) is 0 Å². The van der Waals surface area contributed by atoms with Crippen molar-refractivity contribution in [1.29, 1.82) is 0 Å². The standard InChI is InChI=1S/C12H14ClNO4/c1-2-17-11(15)9-3-5-10(6-4-9)14-12(16)18-8-7-13/h3-6H,2,7-8H2,1H3,(H,14,16). The molecule has 1 aromatic carbocycles. The van der Waals surface area contributed by atoms with Gasteiger partial charge in [0.15, 0.2) is 0 Å². The van der Waals surface area contributed by atoms with E-state index in [1.54, 1.807) is 31.2 Å². The first kappa shape index (κ1) is 14.3. The third-order valence-electron chi connectivity index (χ3n) is 1.95. The molecule has 0 saturated heterocycles. The van der Waals surface area contributed by atoms with E-state index in [1.165, 1.54) is 0 Å². The van der Waals surface area contributed by atoms with Gasteiger partial charge in [-0.2, -0.15) is 0 Å². The number of anilines is 1. The van der Waals surface area contributed by atoms with Crippen molar-refractivity contribution < 1.29 is 19.1 Å². The molecule has 0 fully saturated rings. The smallest absolute Gasteiger partial charge is 0.411 e. The van der Waals surface area contributed by atoms with Gasteiger partial charge in [0.05, 0.1) is 18.1 Å². The number of benzene rings is 1. The molecule has 0 aliphatic carbocycles. The van der Waals surface area contributed by atoms with Gasteiger partial charge < -0.3 is 9.47 Å². The van der Waals surface area contributed by atoms with Crippen LogP contribution in [0.3, 0.4) is 0 Å². The minimum Gasteiger partial charge on any atom is -0.462 e. The van der Waals surface area contributed by atoms with Crippen LogP contribution in [0.25, 0.3) is 0 Å². The first-order valence-electron chi connectivity index (χ1n) is 5.44. The summed E-state index contributed by atoms with van der Waals surface area (Å²) in [6, 6.07) is 6.31. The summed E-state index contributed by atoms with van der Waals surface area (Å²) in [7, 11) is 0. The molecule has 98 valence electrons. The van der Waals surface area contributed by atoms with Gasteiger partial charge in [0, 0.05) is 5.69 Å². The lowest BCUT2D eigenvalue weighted by molar-refractivity contribution is 0.0526. The molecule has 0 spiro atoms. The number of hydrogen-bond acceptors (Lipinski definition) is 4. The van der Waals surface area contributed by atoms with E-state index >= 15 is 0 Å². The Kier molecular flexibility index (Phi) is 6.00. The zero-order valence-corrected chi connectivity index (χ0v) is 10.7. The largest absolute Gasteiger partial charge is 0.462 e. The van der Waals surface area contributed by atoms with E-state index in [2.05, 4.69) is 5.32 Å². The highest BCUT2D eigenvalue weighted by Crippen LogP contribution is 2.10. The number of rotatable bonds is 5. The molecular formula is C12H14ClNO4. The third-order valence-corrected chi connectivity index (χ3v) is 2.11. The number of ether oxygens (including phenoxy) is 2. The van der Waals surface area contributed by atoms with Crippen molar-refractivity contribution in [3.8, 4) is 0 Å². The zero-order chi connectivity index (χ0) is 13.4. The predicted octanol–water partition coefficient (Wildman–Crippen LogP) is 2.65. The van der Waals surface area contributed by atoms with Crippen LogP contribution in [0.5, 0.6) is 0 Å². The number of esters is 1. The molecule has 18 heavy (non-hydrogen) atoms. The maximum absolute atomic E-state index is 11.4. The maximum Gasteiger partial charge on any atom is 0.411 e. The van der Waals surface area contributed by atoms with Crippen molar-refractivity contribution in [3.63, 3.8) is 0 Å². The molecule has 0 unspecified atom stereocenters. The Morgan fingerprint density at radius 2 is 1.89 bits per heavy atom. The van der Waals surface area contributed by atoms with Gasteiger partial charge in [-0.15, -0.1) is 11.6 Å². The van der Waals surface area contributed by atoms with Gasteiger partial charge in [-0.25, -0.2) is 9.59 Å². The van der Waals surface area contributed by atoms with Crippen molar-refractivity contribution in [2.45, 2.75) is 6.92 Å². The van der Waals surface area contributed by atoms with Gasteiger partial charge in [0.25, 0.3) is 0 Å². The third kappa shape index (κ3) is 4.63. The summed E-state index contributed by atoms with van der Waals surface area (Å²) in [5.41, 5.74) is 0.958. The molecule has 0 saturated carbocycles. The van der Waals surface area contributed by atoms with Crippen LogP contribution in [-0.2, 0) is 9.47 Å². The van der Waals surface area contributed by atoms with E-state index in [1.807, 2.05) is 0 Å². The lowest BCUT2D eigenvalue weighted by Crippen LogP contribution is -2.15. The first-order chi connectivity index (χ1) is 8.67. The quantitative estimate of drug-likeness (QED) is 0.660. The van der Waals surface area contributed by atoms with Crippen molar-refractivity contribution in [2.75, 3.05) is 24.4 Å². The van der Waals surface area contributed by atoms with Crippen molar-refractivity contribution in [2.24, 2.45) is 0 Å². The number of carbonyl (C=O) groups is 2. The fourth-order valence-electron chi connectivity index (χ4n) is 1.19. The summed E-state index contributed by atoms with van der Waals surface area (Å²) < 4.78 is 9.57. The minimum atomic E-state index is -0.584. The molecule has 1 aromatic rings. The van der Waals surface area contributed by atoms with Crippen LogP contribution in [0.1, 0.15) is 17.3 Å². The Bertz CT molecular complexity index is 405. The summed E-state index contributed by atoms with van der Waals surface area (Å²) >= 11 is 5.38. The lowest BCUT2D eigenvalue weighted by Gasteiger charge is -2.06. The molecule has 1 rings (SSSR count). The average Bonchev–Trinajstić information content (AvgIpc) is 2.37. The lowest BCUT2D eigenvalue weighted by atomic mass is 10.2. The molecule has 0 bridgehead atoms. The zero-order valence-electron chi connectivity index (χ0n) is 9.94. The molecule has 0 aromatic heterocycles. The van der Waals surface area contributed by atoms with Gasteiger partial charge in [0.1, 0.15) is 6.61 Å². The Labute approximate surface area is 110 Å². The van der Waals surface area contributed by atoms with Crippen LogP contribution >= 0.6 is 11.6 Å². The highest BCUT2D eigenvalue weighted by Gasteiger charge is 2.07. The number of hydrogen-bond donors (Lipinski definition) is 1. The maximum atomic E-state index is 11.4. The summed E-state index contributed by atoms with van der Waals surface area (Å²) in [6.07, 6.45) is -0.584. The van der Waals surface area contributed by atoms with Crippen molar-refractivity contribution in [1.82, 2.24) is 0 Å². The molecule has 6 heteroatoms. The van der Waals surface area contributed by atoms with E-state index in [-0.39, 0.29) is 12.5 Å². The molecule has 1 N–H and O–H groups in total. The van der Waals surface area contributed by atoms with E-state index in [0.29, 0.717) is 17.9 Å². The highest BCUT2D eigenvalue weighted by molar-refractivity contribution is 6.18. The van der Waals surface area contributed by atoms with Gasteiger partial charge in [0.2, 0.25) is 0 Å². The Hall–Kier alpha value is -1.75. The number of halogens is 1. The molecular weight excluding hydrogens is 258 g/mol. The Balaban J connectivity index is 2.55. The molecule has 0 aliphatic heterocycles. The summed E-state index contributed by atoms with van der Waals surface area (Å²) in [4.78, 5) is 22.6. The van der Waals surface area contributed by atoms with Gasteiger partial charge in [-0.05, 0) is 31.2 Å². The number of carbonyl (C=O) groups excluding carboxylic acids is 2. The Morgan fingerprint density at radius 3 is 2.44 bits per heavy atom. The summed E-state index contributed by atoms with van der Waals surface area (Å²) in [5.74, 6) is -0.149. The Morgan fingerprint density at radius 1 is 1.22 bits per heavy atom. The topological polar surface area (TPSA) is 64.6 Å². The highest BCUT2D eigenvalue weighted by atomic mass is 35.5.